The van der Waals surface area contributed by atoms with Gasteiger partial charge in [0.15, 0.2) is 0 Å². The Labute approximate surface area is 77.5 Å². The average molecular weight is 146 g/mol. The third-order valence-electron chi connectivity index (χ3n) is 0.408. The summed E-state index contributed by atoms with van der Waals surface area (Å²) in [6.07, 6.45) is 0. The van der Waals surface area contributed by atoms with Gasteiger partial charge in [-0.3, -0.25) is 0 Å². The van der Waals surface area contributed by atoms with Crippen LogP contribution < -0.4 is 0 Å². The molecule has 1 atom stereocenters. The molecular weight excluding hydrogens is 135 g/mol. The van der Waals surface area contributed by atoms with E-state index in [9.17, 15) is 0 Å². The Bertz CT molecular complexity index is 30.9. The van der Waals surface area contributed by atoms with Crippen molar-refractivity contribution in [1.82, 2.24) is 0 Å². The van der Waals surface area contributed by atoms with Crippen LogP contribution in [0.4, 0.5) is 0 Å². The molecule has 0 aromatic carbocycles. The monoisotopic (exact) mass is 146 g/mol. The molecule has 0 saturated heterocycles. The molecule has 40 valence electrons. The number of thiol groups is 1. The van der Waals surface area contributed by atoms with Crippen LogP contribution >= 0.6 is 24.4 Å². The Hall–Kier alpha value is 1.70. The maximum atomic E-state index is 4.14. The first-order valence-corrected chi connectivity index (χ1v) is 3.63. The van der Waals surface area contributed by atoms with E-state index in [2.05, 4.69) is 26.5 Å². The molecule has 0 heterocycles. The van der Waals surface area contributed by atoms with Crippen LogP contribution in [0.1, 0.15) is 13.8 Å². The Morgan fingerprint density at radius 1 is 1.71 bits per heavy atom. The molecule has 0 aliphatic heterocycles. The molecule has 0 aromatic rings. The summed E-state index contributed by atoms with van der Waals surface area (Å²) >= 11 is 5.99. The summed E-state index contributed by atoms with van der Waals surface area (Å²) < 4.78 is 0.509. The van der Waals surface area contributed by atoms with Crippen molar-refractivity contribution in [2.24, 2.45) is 0 Å². The first kappa shape index (κ1) is 11.5. The quantitative estimate of drug-likeness (QED) is 0.349. The number of thioether (sulfide) groups is 1. The Morgan fingerprint density at radius 3 is 2.14 bits per heavy atom. The summed E-state index contributed by atoms with van der Waals surface area (Å²) in [5.74, 6) is 1.17. The van der Waals surface area contributed by atoms with Crippen molar-refractivity contribution < 1.29 is 0 Å². The fourth-order valence-electron chi connectivity index (χ4n) is 0.241. The molecule has 0 fully saturated rings. The summed E-state index contributed by atoms with van der Waals surface area (Å²) in [6.45, 7) is 4.22. The molecule has 0 aromatic heterocycles. The second-order valence-corrected chi connectivity index (χ2v) is 3.80. The van der Waals surface area contributed by atoms with E-state index < -0.39 is 0 Å². The van der Waals surface area contributed by atoms with Gasteiger partial charge in [-0.1, -0.05) is 6.92 Å². The van der Waals surface area contributed by atoms with Crippen LogP contribution in [0, 0.1) is 0 Å². The van der Waals surface area contributed by atoms with Crippen molar-refractivity contribution >= 4 is 53.9 Å². The van der Waals surface area contributed by atoms with E-state index >= 15 is 0 Å². The topological polar surface area (TPSA) is 0 Å². The first-order valence-electron chi connectivity index (χ1n) is 2.07. The fourth-order valence-corrected chi connectivity index (χ4v) is 1.17. The second-order valence-electron chi connectivity index (χ2n) is 1.05. The van der Waals surface area contributed by atoms with Crippen LogP contribution in [-0.2, 0) is 0 Å². The third-order valence-corrected chi connectivity index (χ3v) is 1.67. The number of hydrogen-bond acceptors (Lipinski definition) is 2. The molecule has 3 heteroatoms. The molecule has 0 rings (SSSR count). The van der Waals surface area contributed by atoms with Crippen LogP contribution in [0.5, 0.6) is 0 Å². The zero-order chi connectivity index (χ0) is 4.99. The molecule has 0 aliphatic carbocycles. The Morgan fingerprint density at radius 2 is 2.14 bits per heavy atom. The van der Waals surface area contributed by atoms with Crippen LogP contribution in [0.15, 0.2) is 0 Å². The van der Waals surface area contributed by atoms with Crippen molar-refractivity contribution in [1.29, 1.82) is 0 Å². The van der Waals surface area contributed by atoms with Gasteiger partial charge in [0, 0.05) is 4.58 Å². The minimum atomic E-state index is 0. The van der Waals surface area contributed by atoms with E-state index in [0.29, 0.717) is 4.58 Å². The Balaban J connectivity index is 0. The average Bonchev–Trinajstić information content (AvgIpc) is 1.35. The van der Waals surface area contributed by atoms with E-state index in [4.69, 9.17) is 0 Å². The predicted octanol–water partition coefficient (Wildman–Crippen LogP) is 1.37. The summed E-state index contributed by atoms with van der Waals surface area (Å²) in [5, 5.41) is 0. The van der Waals surface area contributed by atoms with Gasteiger partial charge < -0.3 is 0 Å². The van der Waals surface area contributed by atoms with Crippen molar-refractivity contribution in [3.8, 4) is 0 Å². The van der Waals surface area contributed by atoms with Crippen LogP contribution in [0.2, 0.25) is 0 Å². The van der Waals surface area contributed by atoms with Gasteiger partial charge in [0.1, 0.15) is 0 Å². The molecule has 0 saturated carbocycles. The molecule has 0 spiro atoms. The zero-order valence-electron chi connectivity index (χ0n) is 4.14. The number of rotatable bonds is 2. The van der Waals surface area contributed by atoms with Crippen molar-refractivity contribution in [2.45, 2.75) is 18.4 Å². The van der Waals surface area contributed by atoms with Gasteiger partial charge >= 0.3 is 29.6 Å². The standard InChI is InChI=1S/C4H10S2.Na.H/c1-3-6-4(2)5;;/h4-5H,3H2,1-2H3;;. The summed E-state index contributed by atoms with van der Waals surface area (Å²) in [6, 6.07) is 0. The molecule has 0 bridgehead atoms. The molecular formula is C4H11NaS2. The van der Waals surface area contributed by atoms with Crippen LogP contribution in [0.25, 0.3) is 0 Å². The summed E-state index contributed by atoms with van der Waals surface area (Å²) in [4.78, 5) is 0. The van der Waals surface area contributed by atoms with Gasteiger partial charge in [-0.25, -0.2) is 0 Å². The fraction of sp³-hybridized carbons (Fsp3) is 1.00. The zero-order valence-corrected chi connectivity index (χ0v) is 5.85. The predicted molar refractivity (Wildman–Crippen MR) is 43.7 cm³/mol. The van der Waals surface area contributed by atoms with E-state index in [-0.39, 0.29) is 29.6 Å². The van der Waals surface area contributed by atoms with Gasteiger partial charge in [-0.2, -0.15) is 12.6 Å². The molecule has 0 nitrogen and oxygen atoms in total. The molecule has 0 N–H and O–H groups in total. The van der Waals surface area contributed by atoms with Crippen molar-refractivity contribution in [3.05, 3.63) is 0 Å². The molecule has 1 unspecified atom stereocenters. The van der Waals surface area contributed by atoms with Gasteiger partial charge in [-0.05, 0) is 12.7 Å². The molecule has 7 heavy (non-hydrogen) atoms. The van der Waals surface area contributed by atoms with Crippen molar-refractivity contribution in [3.63, 3.8) is 0 Å². The van der Waals surface area contributed by atoms with Crippen LogP contribution in [0.3, 0.4) is 0 Å². The van der Waals surface area contributed by atoms with E-state index in [0.717, 1.165) is 0 Å². The van der Waals surface area contributed by atoms with E-state index in [1.54, 1.807) is 0 Å². The van der Waals surface area contributed by atoms with Gasteiger partial charge in [0.05, 0.1) is 0 Å². The van der Waals surface area contributed by atoms with E-state index in [1.807, 2.05) is 11.8 Å². The Kier molecular flexibility index (Phi) is 12.6. The summed E-state index contributed by atoms with van der Waals surface area (Å²) in [7, 11) is 0. The minimum absolute atomic E-state index is 0. The van der Waals surface area contributed by atoms with Gasteiger partial charge in [0.25, 0.3) is 0 Å². The first-order chi connectivity index (χ1) is 2.77. The normalized spacial score (nSPS) is 12.4. The van der Waals surface area contributed by atoms with Gasteiger partial charge in [0.2, 0.25) is 0 Å². The maximum absolute atomic E-state index is 4.14. The molecule has 0 radical (unpaired) electrons. The van der Waals surface area contributed by atoms with Gasteiger partial charge in [-0.15, -0.1) is 11.8 Å². The van der Waals surface area contributed by atoms with Crippen molar-refractivity contribution in [2.75, 3.05) is 5.75 Å². The second kappa shape index (κ2) is 7.70. The molecule has 0 amide bonds. The summed E-state index contributed by atoms with van der Waals surface area (Å²) in [5.41, 5.74) is 0. The molecule has 0 aliphatic rings. The van der Waals surface area contributed by atoms with E-state index in [1.165, 1.54) is 5.75 Å². The number of hydrogen-bond donors (Lipinski definition) is 1. The van der Waals surface area contributed by atoms with Crippen LogP contribution in [-0.4, -0.2) is 39.9 Å². The third kappa shape index (κ3) is 11.3. The SMILES string of the molecule is CCSC(C)S.[NaH].